The van der Waals surface area contributed by atoms with Gasteiger partial charge >= 0.3 is 6.18 Å². The maximum atomic E-state index is 12.8. The summed E-state index contributed by atoms with van der Waals surface area (Å²) in [4.78, 5) is 0.995. The van der Waals surface area contributed by atoms with Crippen LogP contribution in [0.15, 0.2) is 57.8 Å². The predicted molar refractivity (Wildman–Crippen MR) is 109 cm³/mol. The standard InChI is InChI=1S/C23H22F3O2S/c1-14(2)10-21-17(13-29-19-8-9-20(27)15(3)11-19)12-22(28-21)16-4-6-18(7-5-16)23(24,25)26/h4-9,11-12,14H,10,13H2,1-3H3. The normalized spacial score (nSPS) is 12.0. The van der Waals surface area contributed by atoms with Gasteiger partial charge in [0.1, 0.15) is 11.5 Å². The van der Waals surface area contributed by atoms with Crippen molar-refractivity contribution in [2.24, 2.45) is 5.92 Å². The summed E-state index contributed by atoms with van der Waals surface area (Å²) in [5.74, 6) is 2.47. The number of halogens is 3. The lowest BCUT2D eigenvalue weighted by Gasteiger charge is -2.07. The van der Waals surface area contributed by atoms with Gasteiger partial charge in [-0.1, -0.05) is 26.0 Å². The molecule has 1 heterocycles. The van der Waals surface area contributed by atoms with E-state index in [0.29, 0.717) is 28.6 Å². The van der Waals surface area contributed by atoms with E-state index in [0.717, 1.165) is 34.8 Å². The van der Waals surface area contributed by atoms with Crippen LogP contribution in [0.5, 0.6) is 5.75 Å². The smallest absolute Gasteiger partial charge is 0.416 e. The van der Waals surface area contributed by atoms with Crippen molar-refractivity contribution in [3.8, 4) is 17.1 Å². The van der Waals surface area contributed by atoms with Gasteiger partial charge < -0.3 is 4.42 Å². The minimum absolute atomic E-state index is 0.0164. The summed E-state index contributed by atoms with van der Waals surface area (Å²) in [6, 6.07) is 12.2. The van der Waals surface area contributed by atoms with Crippen molar-refractivity contribution in [1.82, 2.24) is 0 Å². The Morgan fingerprint density at radius 3 is 2.31 bits per heavy atom. The topological polar surface area (TPSA) is 33.0 Å². The minimum Gasteiger partial charge on any atom is -0.461 e. The van der Waals surface area contributed by atoms with Crippen molar-refractivity contribution in [2.75, 3.05) is 0 Å². The molecule has 2 nitrogen and oxygen atoms in total. The van der Waals surface area contributed by atoms with Crippen molar-refractivity contribution in [1.29, 1.82) is 0 Å². The molecule has 0 saturated heterocycles. The second-order valence-electron chi connectivity index (χ2n) is 7.45. The molecule has 1 radical (unpaired) electrons. The highest BCUT2D eigenvalue weighted by molar-refractivity contribution is 7.98. The number of hydrogen-bond donors (Lipinski definition) is 0. The van der Waals surface area contributed by atoms with E-state index in [4.69, 9.17) is 4.42 Å². The monoisotopic (exact) mass is 419 g/mol. The Morgan fingerprint density at radius 1 is 1.03 bits per heavy atom. The van der Waals surface area contributed by atoms with Gasteiger partial charge in [0.05, 0.1) is 5.56 Å². The van der Waals surface area contributed by atoms with E-state index in [1.165, 1.54) is 12.1 Å². The van der Waals surface area contributed by atoms with E-state index in [2.05, 4.69) is 13.8 Å². The molecule has 0 spiro atoms. The molecule has 29 heavy (non-hydrogen) atoms. The van der Waals surface area contributed by atoms with Gasteiger partial charge in [0.15, 0.2) is 5.75 Å². The first-order valence-corrected chi connectivity index (χ1v) is 10.3. The van der Waals surface area contributed by atoms with E-state index in [9.17, 15) is 18.3 Å². The first-order chi connectivity index (χ1) is 13.6. The molecular formula is C23H22F3O2S. The number of hydrogen-bond acceptors (Lipinski definition) is 2. The molecule has 0 saturated carbocycles. The van der Waals surface area contributed by atoms with E-state index in [1.807, 2.05) is 12.1 Å². The first kappa shape index (κ1) is 21.4. The molecule has 3 rings (SSSR count). The molecule has 0 aliphatic heterocycles. The molecule has 2 aromatic carbocycles. The lowest BCUT2D eigenvalue weighted by atomic mass is 10.1. The highest BCUT2D eigenvalue weighted by Gasteiger charge is 2.30. The summed E-state index contributed by atoms with van der Waals surface area (Å²) in [5.41, 5.74) is 1.66. The van der Waals surface area contributed by atoms with Crippen LogP contribution in [0.25, 0.3) is 11.3 Å². The first-order valence-electron chi connectivity index (χ1n) is 9.33. The van der Waals surface area contributed by atoms with Crippen molar-refractivity contribution in [3.05, 3.63) is 71.0 Å². The third-order valence-corrected chi connectivity index (χ3v) is 5.57. The average Bonchev–Trinajstić information content (AvgIpc) is 3.04. The van der Waals surface area contributed by atoms with E-state index >= 15 is 0 Å². The molecule has 6 heteroatoms. The van der Waals surface area contributed by atoms with Crippen LogP contribution in [0, 0.1) is 12.8 Å². The fraction of sp³-hybridized carbons (Fsp3) is 0.304. The Morgan fingerprint density at radius 2 is 1.72 bits per heavy atom. The molecule has 0 bridgehead atoms. The zero-order valence-corrected chi connectivity index (χ0v) is 17.3. The zero-order chi connectivity index (χ0) is 21.2. The molecule has 0 amide bonds. The Kier molecular flexibility index (Phi) is 6.32. The van der Waals surface area contributed by atoms with Crippen LogP contribution >= 0.6 is 11.8 Å². The molecule has 0 fully saturated rings. The number of benzene rings is 2. The Bertz CT molecular complexity index is 973. The van der Waals surface area contributed by atoms with Gasteiger partial charge in [-0.05, 0) is 54.8 Å². The van der Waals surface area contributed by atoms with Gasteiger partial charge in [-0.3, -0.25) is 5.11 Å². The van der Waals surface area contributed by atoms with Crippen LogP contribution in [-0.4, -0.2) is 0 Å². The van der Waals surface area contributed by atoms with E-state index in [1.54, 1.807) is 30.8 Å². The summed E-state index contributed by atoms with van der Waals surface area (Å²) in [5, 5.41) is 11.6. The van der Waals surface area contributed by atoms with Crippen LogP contribution < -0.4 is 0 Å². The van der Waals surface area contributed by atoms with E-state index < -0.39 is 11.7 Å². The van der Waals surface area contributed by atoms with Crippen LogP contribution in [0.1, 0.15) is 36.3 Å². The molecule has 0 aliphatic carbocycles. The highest BCUT2D eigenvalue weighted by atomic mass is 32.2. The Hall–Kier alpha value is -2.34. The summed E-state index contributed by atoms with van der Waals surface area (Å²) < 4.78 is 44.4. The second-order valence-corrected chi connectivity index (χ2v) is 8.50. The summed E-state index contributed by atoms with van der Waals surface area (Å²) in [6.45, 7) is 5.97. The number of furan rings is 1. The third kappa shape index (κ3) is 5.38. The SMILES string of the molecule is Cc1cc(SCc2cc(-c3ccc(C(F)(F)F)cc3)oc2CC(C)C)ccc1[O]. The molecule has 0 aliphatic rings. The maximum Gasteiger partial charge on any atom is 0.416 e. The second kappa shape index (κ2) is 8.57. The fourth-order valence-corrected chi connectivity index (χ4v) is 3.96. The molecule has 0 atom stereocenters. The predicted octanol–water partition coefficient (Wildman–Crippen LogP) is 7.91. The largest absolute Gasteiger partial charge is 0.461 e. The Balaban J connectivity index is 1.84. The highest BCUT2D eigenvalue weighted by Crippen LogP contribution is 2.35. The average molecular weight is 419 g/mol. The molecule has 0 N–H and O–H groups in total. The lowest BCUT2D eigenvalue weighted by Crippen LogP contribution is -2.03. The van der Waals surface area contributed by atoms with Crippen molar-refractivity contribution >= 4 is 11.8 Å². The minimum atomic E-state index is -4.36. The number of aryl methyl sites for hydroxylation is 1. The van der Waals surface area contributed by atoms with Gasteiger partial charge in [-0.2, -0.15) is 13.2 Å². The van der Waals surface area contributed by atoms with Crippen molar-refractivity contribution in [3.63, 3.8) is 0 Å². The van der Waals surface area contributed by atoms with Gasteiger partial charge in [-0.25, -0.2) is 0 Å². The van der Waals surface area contributed by atoms with Crippen molar-refractivity contribution < 1.29 is 22.7 Å². The van der Waals surface area contributed by atoms with Gasteiger partial charge in [0, 0.05) is 28.2 Å². The summed E-state index contributed by atoms with van der Waals surface area (Å²) in [7, 11) is 0. The van der Waals surface area contributed by atoms with Crippen molar-refractivity contribution in [2.45, 2.75) is 44.0 Å². The summed E-state index contributed by atoms with van der Waals surface area (Å²) >= 11 is 1.60. The maximum absolute atomic E-state index is 12.8. The quantitative estimate of drug-likeness (QED) is 0.380. The number of thioether (sulfide) groups is 1. The molecule has 1 aromatic heterocycles. The molecule has 0 unspecified atom stereocenters. The lowest BCUT2D eigenvalue weighted by molar-refractivity contribution is -0.137. The van der Waals surface area contributed by atoms with Crippen LogP contribution in [0.2, 0.25) is 0 Å². The molecule has 153 valence electrons. The van der Waals surface area contributed by atoms with Crippen LogP contribution in [-0.2, 0) is 23.5 Å². The van der Waals surface area contributed by atoms with Gasteiger partial charge in [0.25, 0.3) is 0 Å². The van der Waals surface area contributed by atoms with Crippen LogP contribution in [0.4, 0.5) is 13.2 Å². The summed E-state index contributed by atoms with van der Waals surface area (Å²) in [6.07, 6.45) is -3.61. The zero-order valence-electron chi connectivity index (χ0n) is 16.5. The van der Waals surface area contributed by atoms with Crippen LogP contribution in [0.3, 0.4) is 0 Å². The van der Waals surface area contributed by atoms with Gasteiger partial charge in [0.2, 0.25) is 0 Å². The fourth-order valence-electron chi connectivity index (χ4n) is 2.97. The van der Waals surface area contributed by atoms with E-state index in [-0.39, 0.29) is 5.75 Å². The molecular weight excluding hydrogens is 397 g/mol. The van der Waals surface area contributed by atoms with Gasteiger partial charge in [-0.15, -0.1) is 11.8 Å². The Labute approximate surface area is 172 Å². The third-order valence-electron chi connectivity index (χ3n) is 4.53. The molecule has 3 aromatic rings. The number of alkyl halides is 3. The number of rotatable bonds is 6.